The van der Waals surface area contributed by atoms with Crippen molar-refractivity contribution < 1.29 is 5.11 Å². The van der Waals surface area contributed by atoms with Crippen LogP contribution in [-0.4, -0.2) is 23.8 Å². The van der Waals surface area contributed by atoms with Gasteiger partial charge in [0, 0.05) is 5.54 Å². The minimum atomic E-state index is -0.0191. The lowest BCUT2D eigenvalue weighted by atomic mass is 9.94. The van der Waals surface area contributed by atoms with E-state index in [1.165, 1.54) is 0 Å². The number of aliphatic hydroxyl groups is 1. The van der Waals surface area contributed by atoms with Gasteiger partial charge in [0.25, 0.3) is 0 Å². The second-order valence-corrected chi connectivity index (χ2v) is 2.68. The Bertz CT molecular complexity index is 71.1. The Balaban J connectivity index is 3.87. The third-order valence-electron chi connectivity index (χ3n) is 2.21. The molecule has 0 aromatic heterocycles. The first kappa shape index (κ1) is 9.92. The van der Waals surface area contributed by atoms with E-state index >= 15 is 0 Å². The largest absolute Gasteiger partial charge is 0.394 e. The van der Waals surface area contributed by atoms with Crippen molar-refractivity contribution in [3.8, 4) is 0 Å². The van der Waals surface area contributed by atoms with Gasteiger partial charge in [-0.1, -0.05) is 20.8 Å². The first-order chi connectivity index (χ1) is 4.74. The van der Waals surface area contributed by atoms with Gasteiger partial charge in [-0.25, -0.2) is 0 Å². The minimum Gasteiger partial charge on any atom is -0.394 e. The molecule has 0 unspecified atom stereocenters. The van der Waals surface area contributed by atoms with Crippen LogP contribution in [0.1, 0.15) is 33.6 Å². The highest BCUT2D eigenvalue weighted by Crippen LogP contribution is 2.12. The average molecular weight is 145 g/mol. The summed E-state index contributed by atoms with van der Waals surface area (Å²) in [5, 5.41) is 12.3. The summed E-state index contributed by atoms with van der Waals surface area (Å²) in [4.78, 5) is 0. The molecule has 0 radical (unpaired) electrons. The maximum atomic E-state index is 9.05. The molecule has 62 valence electrons. The number of aliphatic hydroxyl groups excluding tert-OH is 1. The Hall–Kier alpha value is -0.0800. The van der Waals surface area contributed by atoms with E-state index < -0.39 is 0 Å². The van der Waals surface area contributed by atoms with Crippen LogP contribution in [0.4, 0.5) is 0 Å². The maximum absolute atomic E-state index is 9.05. The van der Waals surface area contributed by atoms with Crippen molar-refractivity contribution in [3.05, 3.63) is 0 Å². The highest BCUT2D eigenvalue weighted by molar-refractivity contribution is 4.83. The first-order valence-electron chi connectivity index (χ1n) is 4.10. The minimum absolute atomic E-state index is 0.0191. The van der Waals surface area contributed by atoms with E-state index in [1.807, 2.05) is 0 Å². The molecule has 2 heteroatoms. The van der Waals surface area contributed by atoms with Gasteiger partial charge in [0.1, 0.15) is 0 Å². The van der Waals surface area contributed by atoms with Crippen molar-refractivity contribution in [2.75, 3.05) is 13.2 Å². The molecule has 0 heterocycles. The van der Waals surface area contributed by atoms with Crippen LogP contribution in [0.5, 0.6) is 0 Å². The Labute approximate surface area is 63.6 Å². The summed E-state index contributed by atoms with van der Waals surface area (Å²) in [5.74, 6) is 0. The smallest absolute Gasteiger partial charge is 0.0613 e. The van der Waals surface area contributed by atoms with E-state index in [2.05, 4.69) is 26.1 Å². The fourth-order valence-corrected chi connectivity index (χ4v) is 1.15. The van der Waals surface area contributed by atoms with Gasteiger partial charge in [-0.15, -0.1) is 0 Å². The zero-order chi connectivity index (χ0) is 8.04. The van der Waals surface area contributed by atoms with Crippen LogP contribution in [0.15, 0.2) is 0 Å². The molecule has 0 saturated carbocycles. The molecule has 10 heavy (non-hydrogen) atoms. The molecule has 0 amide bonds. The fourth-order valence-electron chi connectivity index (χ4n) is 1.15. The van der Waals surface area contributed by atoms with Crippen molar-refractivity contribution in [2.24, 2.45) is 0 Å². The van der Waals surface area contributed by atoms with E-state index in [1.54, 1.807) is 0 Å². The number of hydrogen-bond acceptors (Lipinski definition) is 2. The van der Waals surface area contributed by atoms with Crippen LogP contribution < -0.4 is 5.32 Å². The summed E-state index contributed by atoms with van der Waals surface area (Å²) >= 11 is 0. The van der Waals surface area contributed by atoms with Crippen LogP contribution in [0.25, 0.3) is 0 Å². The van der Waals surface area contributed by atoms with E-state index in [4.69, 9.17) is 5.11 Å². The van der Waals surface area contributed by atoms with Gasteiger partial charge in [0.2, 0.25) is 0 Å². The molecule has 0 atom stereocenters. The molecule has 0 rings (SSSR count). The first-order valence-corrected chi connectivity index (χ1v) is 4.10. The molecule has 0 aromatic rings. The lowest BCUT2D eigenvalue weighted by molar-refractivity contribution is 0.153. The SMILES string of the molecule is CCNC(CC)(CC)CO. The molecule has 0 fully saturated rings. The lowest BCUT2D eigenvalue weighted by Crippen LogP contribution is -2.47. The molecule has 0 aliphatic rings. The predicted molar refractivity (Wildman–Crippen MR) is 44.1 cm³/mol. The summed E-state index contributed by atoms with van der Waals surface area (Å²) in [6, 6.07) is 0. The third kappa shape index (κ3) is 2.27. The van der Waals surface area contributed by atoms with Crippen molar-refractivity contribution in [1.29, 1.82) is 0 Å². The molecule has 0 aliphatic carbocycles. The van der Waals surface area contributed by atoms with E-state index in [0.29, 0.717) is 0 Å². The normalized spacial score (nSPS) is 12.0. The topological polar surface area (TPSA) is 32.3 Å². The van der Waals surface area contributed by atoms with E-state index in [-0.39, 0.29) is 12.1 Å². The maximum Gasteiger partial charge on any atom is 0.0613 e. The summed E-state index contributed by atoms with van der Waals surface area (Å²) in [6.45, 7) is 7.44. The van der Waals surface area contributed by atoms with Crippen LogP contribution in [0, 0.1) is 0 Å². The second-order valence-electron chi connectivity index (χ2n) is 2.68. The van der Waals surface area contributed by atoms with Gasteiger partial charge < -0.3 is 10.4 Å². The van der Waals surface area contributed by atoms with Crippen LogP contribution >= 0.6 is 0 Å². The van der Waals surface area contributed by atoms with Gasteiger partial charge in [-0.3, -0.25) is 0 Å². The summed E-state index contributed by atoms with van der Waals surface area (Å²) in [5.41, 5.74) is -0.0191. The zero-order valence-corrected chi connectivity index (χ0v) is 7.28. The van der Waals surface area contributed by atoms with Gasteiger partial charge in [-0.2, -0.15) is 0 Å². The van der Waals surface area contributed by atoms with E-state index in [9.17, 15) is 0 Å². The number of nitrogens with one attached hydrogen (secondary N) is 1. The van der Waals surface area contributed by atoms with Crippen LogP contribution in [0.3, 0.4) is 0 Å². The molecule has 0 aliphatic heterocycles. The van der Waals surface area contributed by atoms with E-state index in [0.717, 1.165) is 19.4 Å². The monoisotopic (exact) mass is 145 g/mol. The molecular formula is C8H19NO. The van der Waals surface area contributed by atoms with Crippen molar-refractivity contribution >= 4 is 0 Å². The number of rotatable bonds is 5. The fraction of sp³-hybridized carbons (Fsp3) is 1.00. The number of hydrogen-bond donors (Lipinski definition) is 2. The third-order valence-corrected chi connectivity index (χ3v) is 2.21. The Morgan fingerprint density at radius 3 is 1.80 bits per heavy atom. The molecule has 0 bridgehead atoms. The van der Waals surface area contributed by atoms with Gasteiger partial charge >= 0.3 is 0 Å². The van der Waals surface area contributed by atoms with Crippen molar-refractivity contribution in [3.63, 3.8) is 0 Å². The summed E-state index contributed by atoms with van der Waals surface area (Å²) in [6.07, 6.45) is 1.99. The highest BCUT2D eigenvalue weighted by Gasteiger charge is 2.22. The Morgan fingerprint density at radius 1 is 1.20 bits per heavy atom. The van der Waals surface area contributed by atoms with Crippen LogP contribution in [0.2, 0.25) is 0 Å². The van der Waals surface area contributed by atoms with Gasteiger partial charge in [0.15, 0.2) is 0 Å². The molecule has 0 saturated heterocycles. The summed E-state index contributed by atoms with van der Waals surface area (Å²) < 4.78 is 0. The van der Waals surface area contributed by atoms with Gasteiger partial charge in [-0.05, 0) is 19.4 Å². The Morgan fingerprint density at radius 2 is 1.70 bits per heavy atom. The predicted octanol–water partition coefficient (Wildman–Crippen LogP) is 1.15. The standard InChI is InChI=1S/C8H19NO/c1-4-8(5-2,7-10)9-6-3/h9-10H,4-7H2,1-3H3. The van der Waals surface area contributed by atoms with Crippen molar-refractivity contribution in [1.82, 2.24) is 5.32 Å². The average Bonchev–Trinajstić information content (AvgIpc) is 2.01. The molecular weight excluding hydrogens is 126 g/mol. The summed E-state index contributed by atoms with van der Waals surface area (Å²) in [7, 11) is 0. The quantitative estimate of drug-likeness (QED) is 0.608. The highest BCUT2D eigenvalue weighted by atomic mass is 16.3. The molecule has 0 spiro atoms. The van der Waals surface area contributed by atoms with Gasteiger partial charge in [0.05, 0.1) is 6.61 Å². The molecule has 2 nitrogen and oxygen atoms in total. The number of likely N-dealkylation sites (N-methyl/N-ethyl adjacent to an activating group) is 1. The zero-order valence-electron chi connectivity index (χ0n) is 7.28. The Kier molecular flexibility index (Phi) is 4.65. The van der Waals surface area contributed by atoms with Crippen molar-refractivity contribution in [2.45, 2.75) is 39.2 Å². The second kappa shape index (κ2) is 4.69. The lowest BCUT2D eigenvalue weighted by Gasteiger charge is -2.30. The molecule has 0 aromatic carbocycles. The van der Waals surface area contributed by atoms with Crippen LogP contribution in [-0.2, 0) is 0 Å². The molecule has 2 N–H and O–H groups in total.